The first kappa shape index (κ1) is 21.5. The van der Waals surface area contributed by atoms with Gasteiger partial charge in [0.25, 0.3) is 5.91 Å². The van der Waals surface area contributed by atoms with E-state index in [1.54, 1.807) is 19.1 Å². The average molecular weight is 436 g/mol. The van der Waals surface area contributed by atoms with Crippen molar-refractivity contribution in [2.24, 2.45) is 0 Å². The quantitative estimate of drug-likeness (QED) is 0.585. The molecular weight excluding hydrogens is 411 g/mol. The molecule has 2 aromatic carbocycles. The highest BCUT2D eigenvalue weighted by atomic mass is 19.1. The number of hydrogen-bond donors (Lipinski definition) is 0. The minimum Gasteiger partial charge on any atom is -0.484 e. The van der Waals surface area contributed by atoms with Crippen molar-refractivity contribution in [1.82, 2.24) is 14.9 Å². The molecular formula is C24H25FN4O3. The fraction of sp³-hybridized carbons (Fsp3) is 0.292. The monoisotopic (exact) mass is 436 g/mol. The van der Waals surface area contributed by atoms with E-state index in [1.807, 2.05) is 42.2 Å². The summed E-state index contributed by atoms with van der Waals surface area (Å²) in [6.07, 6.45) is 1.44. The first-order valence-corrected chi connectivity index (χ1v) is 10.5. The molecule has 2 heterocycles. The minimum atomic E-state index is -0.311. The van der Waals surface area contributed by atoms with E-state index in [0.717, 1.165) is 0 Å². The molecule has 0 radical (unpaired) electrons. The topological polar surface area (TPSA) is 67.8 Å². The summed E-state index contributed by atoms with van der Waals surface area (Å²) in [6, 6.07) is 15.4. The van der Waals surface area contributed by atoms with Crippen molar-refractivity contribution < 1.29 is 18.7 Å². The molecule has 32 heavy (non-hydrogen) atoms. The third kappa shape index (κ3) is 5.14. The van der Waals surface area contributed by atoms with Gasteiger partial charge in [-0.3, -0.25) is 4.79 Å². The van der Waals surface area contributed by atoms with Gasteiger partial charge in [0.05, 0.1) is 0 Å². The lowest BCUT2D eigenvalue weighted by Crippen LogP contribution is -2.55. The highest BCUT2D eigenvalue weighted by Crippen LogP contribution is 2.26. The Morgan fingerprint density at radius 3 is 2.69 bits per heavy atom. The van der Waals surface area contributed by atoms with Crippen LogP contribution in [-0.4, -0.2) is 53.1 Å². The van der Waals surface area contributed by atoms with Gasteiger partial charge in [-0.1, -0.05) is 18.2 Å². The molecule has 1 amide bonds. The number of nitrogens with zero attached hydrogens (tertiary/aromatic N) is 4. The van der Waals surface area contributed by atoms with Crippen LogP contribution in [0.3, 0.4) is 0 Å². The molecule has 7 nitrogen and oxygen atoms in total. The van der Waals surface area contributed by atoms with E-state index >= 15 is 0 Å². The number of carbonyl (C=O) groups excluding carboxylic acids is 1. The van der Waals surface area contributed by atoms with Crippen LogP contribution in [0.4, 0.5) is 10.2 Å². The summed E-state index contributed by atoms with van der Waals surface area (Å²) in [5, 5.41) is 0. The lowest BCUT2D eigenvalue weighted by Gasteiger charge is -2.40. The van der Waals surface area contributed by atoms with Gasteiger partial charge >= 0.3 is 0 Å². The number of piperazine rings is 1. The number of halogens is 1. The summed E-state index contributed by atoms with van der Waals surface area (Å²) >= 11 is 0. The van der Waals surface area contributed by atoms with Gasteiger partial charge in [0.1, 0.15) is 29.5 Å². The average Bonchev–Trinajstić information content (AvgIpc) is 2.80. The first-order chi connectivity index (χ1) is 15.5. The van der Waals surface area contributed by atoms with Crippen LogP contribution in [-0.2, 0) is 4.79 Å². The highest BCUT2D eigenvalue weighted by Gasteiger charge is 2.28. The van der Waals surface area contributed by atoms with Gasteiger partial charge < -0.3 is 19.3 Å². The maximum absolute atomic E-state index is 13.3. The predicted molar refractivity (Wildman–Crippen MR) is 119 cm³/mol. The number of anilines is 1. The van der Waals surface area contributed by atoms with Crippen LogP contribution in [0, 0.1) is 12.7 Å². The number of benzene rings is 2. The normalized spacial score (nSPS) is 16.0. The van der Waals surface area contributed by atoms with Crippen LogP contribution < -0.4 is 14.4 Å². The van der Waals surface area contributed by atoms with Crippen LogP contribution in [0.1, 0.15) is 12.5 Å². The number of aryl methyl sites for hydroxylation is 1. The number of para-hydroxylation sites is 1. The van der Waals surface area contributed by atoms with E-state index < -0.39 is 0 Å². The lowest BCUT2D eigenvalue weighted by molar-refractivity contribution is -0.135. The Morgan fingerprint density at radius 1 is 1.12 bits per heavy atom. The standard InChI is InChI=1S/C24H25FN4O3/c1-17-12-19(25)8-9-21(17)32-23-13-22(26-16-27-23)28-10-11-29(18(2)14-28)24(30)15-31-20-6-4-3-5-7-20/h3-9,12-13,16,18H,10-11,14-15H2,1-2H3. The summed E-state index contributed by atoms with van der Waals surface area (Å²) in [7, 11) is 0. The maximum atomic E-state index is 13.3. The van der Waals surface area contributed by atoms with E-state index in [9.17, 15) is 9.18 Å². The molecule has 1 atom stereocenters. The van der Waals surface area contributed by atoms with Gasteiger partial charge in [0, 0.05) is 31.7 Å². The molecule has 4 rings (SSSR count). The number of amides is 1. The number of ether oxygens (including phenoxy) is 2. The molecule has 166 valence electrons. The van der Waals surface area contributed by atoms with Crippen LogP contribution in [0.5, 0.6) is 17.4 Å². The Balaban J connectivity index is 1.36. The van der Waals surface area contributed by atoms with Crippen molar-refractivity contribution in [2.75, 3.05) is 31.1 Å². The second kappa shape index (κ2) is 9.64. The Bertz CT molecular complexity index is 1080. The van der Waals surface area contributed by atoms with Crippen molar-refractivity contribution in [3.63, 3.8) is 0 Å². The third-order valence-corrected chi connectivity index (χ3v) is 5.36. The zero-order valence-corrected chi connectivity index (χ0v) is 18.1. The highest BCUT2D eigenvalue weighted by molar-refractivity contribution is 5.78. The predicted octanol–water partition coefficient (Wildman–Crippen LogP) is 3.83. The number of hydrogen-bond acceptors (Lipinski definition) is 6. The molecule has 1 aliphatic heterocycles. The number of aromatic nitrogens is 2. The van der Waals surface area contributed by atoms with Gasteiger partial charge in [-0.25, -0.2) is 14.4 Å². The van der Waals surface area contributed by atoms with E-state index in [-0.39, 0.29) is 24.4 Å². The smallest absolute Gasteiger partial charge is 0.260 e. The minimum absolute atomic E-state index is 0.00528. The van der Waals surface area contributed by atoms with Crippen molar-refractivity contribution in [3.05, 3.63) is 72.3 Å². The van der Waals surface area contributed by atoms with Crippen molar-refractivity contribution in [1.29, 1.82) is 0 Å². The third-order valence-electron chi connectivity index (χ3n) is 5.36. The maximum Gasteiger partial charge on any atom is 0.260 e. The van der Waals surface area contributed by atoms with E-state index in [1.165, 1.54) is 18.5 Å². The number of carbonyl (C=O) groups is 1. The molecule has 1 saturated heterocycles. The molecule has 1 aromatic heterocycles. The van der Waals surface area contributed by atoms with E-state index in [2.05, 4.69) is 14.9 Å². The van der Waals surface area contributed by atoms with Crippen LogP contribution in [0.15, 0.2) is 60.9 Å². The second-order valence-corrected chi connectivity index (χ2v) is 7.71. The molecule has 1 unspecified atom stereocenters. The Labute approximate surface area is 186 Å². The molecule has 1 fully saturated rings. The van der Waals surface area contributed by atoms with Crippen molar-refractivity contribution in [3.8, 4) is 17.4 Å². The zero-order valence-electron chi connectivity index (χ0n) is 18.1. The molecule has 1 aliphatic rings. The number of rotatable bonds is 6. The van der Waals surface area contributed by atoms with Gasteiger partial charge in [0.15, 0.2) is 6.61 Å². The zero-order chi connectivity index (χ0) is 22.5. The van der Waals surface area contributed by atoms with E-state index in [0.29, 0.717) is 48.4 Å². The van der Waals surface area contributed by atoms with Gasteiger partial charge in [-0.05, 0) is 49.7 Å². The molecule has 3 aromatic rings. The molecule has 8 heteroatoms. The first-order valence-electron chi connectivity index (χ1n) is 10.5. The summed E-state index contributed by atoms with van der Waals surface area (Å²) in [4.78, 5) is 25.1. The van der Waals surface area contributed by atoms with Gasteiger partial charge in [0.2, 0.25) is 5.88 Å². The molecule has 0 saturated carbocycles. The van der Waals surface area contributed by atoms with Crippen LogP contribution in [0.25, 0.3) is 0 Å². The van der Waals surface area contributed by atoms with Gasteiger partial charge in [-0.15, -0.1) is 0 Å². The molecule has 0 bridgehead atoms. The fourth-order valence-electron chi connectivity index (χ4n) is 3.68. The van der Waals surface area contributed by atoms with Crippen molar-refractivity contribution in [2.45, 2.75) is 19.9 Å². The summed E-state index contributed by atoms with van der Waals surface area (Å²) in [5.41, 5.74) is 0.684. The SMILES string of the molecule is Cc1cc(F)ccc1Oc1cc(N2CCN(C(=O)COc3ccccc3)C(C)C2)ncn1. The summed E-state index contributed by atoms with van der Waals surface area (Å²) < 4.78 is 24.8. The van der Waals surface area contributed by atoms with Crippen LogP contribution >= 0.6 is 0 Å². The molecule has 0 N–H and O–H groups in total. The summed E-state index contributed by atoms with van der Waals surface area (Å²) in [6.45, 7) is 5.62. The molecule has 0 aliphatic carbocycles. The van der Waals surface area contributed by atoms with Crippen LogP contribution in [0.2, 0.25) is 0 Å². The Kier molecular flexibility index (Phi) is 6.49. The van der Waals surface area contributed by atoms with E-state index in [4.69, 9.17) is 9.47 Å². The fourth-order valence-corrected chi connectivity index (χ4v) is 3.68. The summed E-state index contributed by atoms with van der Waals surface area (Å²) in [5.74, 6) is 1.96. The lowest BCUT2D eigenvalue weighted by atomic mass is 10.2. The Hall–Kier alpha value is -3.68. The largest absolute Gasteiger partial charge is 0.484 e. The Morgan fingerprint density at radius 2 is 1.94 bits per heavy atom. The van der Waals surface area contributed by atoms with Gasteiger partial charge in [-0.2, -0.15) is 0 Å². The molecule has 0 spiro atoms. The second-order valence-electron chi connectivity index (χ2n) is 7.71. The van der Waals surface area contributed by atoms with Crippen molar-refractivity contribution >= 4 is 11.7 Å².